The van der Waals surface area contributed by atoms with E-state index in [1.807, 2.05) is 0 Å². The van der Waals surface area contributed by atoms with Gasteiger partial charge in [-0.3, -0.25) is 15.0 Å². The van der Waals surface area contributed by atoms with Crippen LogP contribution in [0.4, 0.5) is 16.2 Å². The molecule has 28 heavy (non-hydrogen) atoms. The Kier molecular flexibility index (Phi) is 5.58. The van der Waals surface area contributed by atoms with Crippen molar-refractivity contribution in [1.82, 2.24) is 10.0 Å². The van der Waals surface area contributed by atoms with Crippen LogP contribution >= 0.6 is 0 Å². The van der Waals surface area contributed by atoms with Crippen molar-refractivity contribution in [1.29, 1.82) is 0 Å². The summed E-state index contributed by atoms with van der Waals surface area (Å²) in [5.41, 5.74) is 0.899. The van der Waals surface area contributed by atoms with E-state index < -0.39 is 25.5 Å². The van der Waals surface area contributed by atoms with E-state index in [1.165, 1.54) is 18.2 Å². The number of nitro benzene ring substituents is 1. The molecule has 0 aliphatic carbocycles. The van der Waals surface area contributed by atoms with Crippen molar-refractivity contribution >= 4 is 27.4 Å². The van der Waals surface area contributed by atoms with Crippen LogP contribution in [-0.4, -0.2) is 39.0 Å². The molecule has 2 aromatic rings. The molecule has 0 saturated carbocycles. The van der Waals surface area contributed by atoms with E-state index in [2.05, 4.69) is 21.9 Å². The summed E-state index contributed by atoms with van der Waals surface area (Å²) in [7, 11) is -4.06. The molecular formula is C18H16N4O5S. The topological polar surface area (TPSA) is 122 Å². The fraction of sp³-hybridized carbons (Fsp3) is 0.167. The maximum absolute atomic E-state index is 12.3. The van der Waals surface area contributed by atoms with E-state index >= 15 is 0 Å². The summed E-state index contributed by atoms with van der Waals surface area (Å²) in [5, 5.41) is 13.7. The first kappa shape index (κ1) is 19.3. The van der Waals surface area contributed by atoms with Crippen LogP contribution in [0.1, 0.15) is 5.56 Å². The molecule has 1 fully saturated rings. The zero-order valence-electron chi connectivity index (χ0n) is 14.6. The summed E-state index contributed by atoms with van der Waals surface area (Å²) in [6.45, 7) is 0.988. The summed E-state index contributed by atoms with van der Waals surface area (Å²) in [5.74, 6) is 5.48. The normalized spacial score (nSPS) is 13.6. The molecule has 0 radical (unpaired) electrons. The molecule has 1 heterocycles. The maximum atomic E-state index is 12.3. The number of rotatable bonds is 5. The zero-order valence-corrected chi connectivity index (χ0v) is 15.4. The van der Waals surface area contributed by atoms with E-state index in [-0.39, 0.29) is 12.6 Å². The number of anilines is 1. The first-order valence-corrected chi connectivity index (χ1v) is 9.74. The van der Waals surface area contributed by atoms with Gasteiger partial charge in [-0.1, -0.05) is 24.0 Å². The smallest absolute Gasteiger partial charge is 0.321 e. The van der Waals surface area contributed by atoms with Crippen LogP contribution in [0.3, 0.4) is 0 Å². The van der Waals surface area contributed by atoms with Crippen molar-refractivity contribution in [3.63, 3.8) is 0 Å². The van der Waals surface area contributed by atoms with Crippen LogP contribution in [-0.2, 0) is 10.0 Å². The van der Waals surface area contributed by atoms with Crippen molar-refractivity contribution < 1.29 is 18.1 Å². The van der Waals surface area contributed by atoms with Crippen LogP contribution in [0.2, 0.25) is 0 Å². The minimum absolute atomic E-state index is 0.150. The van der Waals surface area contributed by atoms with Crippen LogP contribution in [0.15, 0.2) is 53.4 Å². The van der Waals surface area contributed by atoms with E-state index in [9.17, 15) is 23.3 Å². The van der Waals surface area contributed by atoms with Crippen molar-refractivity contribution in [2.75, 3.05) is 24.5 Å². The van der Waals surface area contributed by atoms with Gasteiger partial charge in [-0.2, -0.15) is 4.72 Å². The molecule has 0 bridgehead atoms. The molecular weight excluding hydrogens is 384 g/mol. The molecule has 2 amide bonds. The molecule has 1 aliphatic heterocycles. The molecule has 2 aromatic carbocycles. The maximum Gasteiger partial charge on any atom is 0.321 e. The van der Waals surface area contributed by atoms with Gasteiger partial charge in [-0.05, 0) is 30.3 Å². The van der Waals surface area contributed by atoms with Crippen molar-refractivity contribution in [2.24, 2.45) is 0 Å². The Labute approximate surface area is 161 Å². The Morgan fingerprint density at radius 2 is 1.89 bits per heavy atom. The molecule has 3 rings (SSSR count). The number of nitrogens with one attached hydrogen (secondary N) is 2. The number of amides is 2. The van der Waals surface area contributed by atoms with E-state index in [4.69, 9.17) is 0 Å². The van der Waals surface area contributed by atoms with E-state index in [0.717, 1.165) is 11.8 Å². The Hall–Kier alpha value is -3.42. The lowest BCUT2D eigenvalue weighted by Crippen LogP contribution is -2.27. The monoisotopic (exact) mass is 400 g/mol. The van der Waals surface area contributed by atoms with Gasteiger partial charge in [-0.25, -0.2) is 13.2 Å². The highest BCUT2D eigenvalue weighted by Gasteiger charge is 2.24. The number of carbonyl (C=O) groups is 1. The zero-order chi connectivity index (χ0) is 20.1. The predicted molar refractivity (Wildman–Crippen MR) is 102 cm³/mol. The Bertz CT molecular complexity index is 1070. The second kappa shape index (κ2) is 8.08. The number of carbonyl (C=O) groups excluding carboxylic acids is 1. The van der Waals surface area contributed by atoms with Crippen LogP contribution in [0.25, 0.3) is 0 Å². The summed E-state index contributed by atoms with van der Waals surface area (Å²) in [4.78, 5) is 23.1. The summed E-state index contributed by atoms with van der Waals surface area (Å²) in [6, 6.07) is 11.9. The van der Waals surface area contributed by atoms with Crippen molar-refractivity contribution in [3.05, 3.63) is 64.2 Å². The number of benzene rings is 2. The van der Waals surface area contributed by atoms with Gasteiger partial charge in [0.2, 0.25) is 10.0 Å². The third kappa shape index (κ3) is 4.28. The van der Waals surface area contributed by atoms with Crippen LogP contribution in [0.5, 0.6) is 0 Å². The van der Waals surface area contributed by atoms with Gasteiger partial charge in [0.05, 0.1) is 11.5 Å². The number of sulfonamides is 1. The Morgan fingerprint density at radius 1 is 1.18 bits per heavy atom. The van der Waals surface area contributed by atoms with Crippen LogP contribution < -0.4 is 14.9 Å². The molecule has 2 N–H and O–H groups in total. The number of urea groups is 1. The summed E-state index contributed by atoms with van der Waals surface area (Å²) >= 11 is 0. The van der Waals surface area contributed by atoms with E-state index in [1.54, 1.807) is 29.2 Å². The van der Waals surface area contributed by atoms with Gasteiger partial charge in [0.1, 0.15) is 0 Å². The predicted octanol–water partition coefficient (Wildman–Crippen LogP) is 1.45. The Balaban J connectivity index is 1.65. The average Bonchev–Trinajstić information content (AvgIpc) is 3.11. The number of hydrogen-bond acceptors (Lipinski definition) is 5. The average molecular weight is 400 g/mol. The fourth-order valence-corrected chi connectivity index (χ4v) is 3.73. The highest BCUT2D eigenvalue weighted by atomic mass is 32.2. The lowest BCUT2D eigenvalue weighted by atomic mass is 10.2. The molecule has 9 nitrogen and oxygen atoms in total. The lowest BCUT2D eigenvalue weighted by molar-refractivity contribution is -0.387. The van der Waals surface area contributed by atoms with E-state index in [0.29, 0.717) is 18.7 Å². The van der Waals surface area contributed by atoms with Crippen molar-refractivity contribution in [3.8, 4) is 11.8 Å². The number of nitro groups is 1. The first-order valence-electron chi connectivity index (χ1n) is 8.26. The highest BCUT2D eigenvalue weighted by Crippen LogP contribution is 2.22. The summed E-state index contributed by atoms with van der Waals surface area (Å²) in [6.07, 6.45) is 0. The fourth-order valence-electron chi connectivity index (χ4n) is 2.63. The molecule has 144 valence electrons. The standard InChI is InChI=1S/C18H16N4O5S/c23-18-19-12-13-21(18)15-9-7-14(8-10-15)4-3-11-20-28(26,27)17-6-2-1-5-16(17)22(24)25/h1-2,5-10,20H,11-13H2,(H,19,23). The summed E-state index contributed by atoms with van der Waals surface area (Å²) < 4.78 is 26.8. The molecule has 1 aliphatic rings. The molecule has 0 atom stereocenters. The second-order valence-electron chi connectivity index (χ2n) is 5.78. The van der Waals surface area contributed by atoms with Gasteiger partial charge in [0.15, 0.2) is 4.90 Å². The third-order valence-electron chi connectivity index (χ3n) is 3.97. The molecule has 10 heteroatoms. The minimum Gasteiger partial charge on any atom is -0.336 e. The molecule has 0 spiro atoms. The number of para-hydroxylation sites is 1. The van der Waals surface area contributed by atoms with Gasteiger partial charge in [0, 0.05) is 30.4 Å². The molecule has 1 saturated heterocycles. The number of hydrogen-bond donors (Lipinski definition) is 2. The lowest BCUT2D eigenvalue weighted by Gasteiger charge is -2.13. The highest BCUT2D eigenvalue weighted by molar-refractivity contribution is 7.89. The first-order chi connectivity index (χ1) is 13.4. The van der Waals surface area contributed by atoms with Crippen molar-refractivity contribution in [2.45, 2.75) is 4.90 Å². The largest absolute Gasteiger partial charge is 0.336 e. The SMILES string of the molecule is O=C1NCCN1c1ccc(C#CCNS(=O)(=O)c2ccccc2[N+](=O)[O-])cc1. The molecule has 0 unspecified atom stereocenters. The number of nitrogens with zero attached hydrogens (tertiary/aromatic N) is 2. The van der Waals surface area contributed by atoms with Gasteiger partial charge < -0.3 is 5.32 Å². The second-order valence-corrected chi connectivity index (χ2v) is 7.52. The van der Waals surface area contributed by atoms with Gasteiger partial charge >= 0.3 is 6.03 Å². The minimum atomic E-state index is -4.06. The Morgan fingerprint density at radius 3 is 2.54 bits per heavy atom. The van der Waals surface area contributed by atoms with Crippen LogP contribution in [0, 0.1) is 22.0 Å². The molecule has 0 aromatic heterocycles. The van der Waals surface area contributed by atoms with Gasteiger partial charge in [-0.15, -0.1) is 0 Å². The quantitative estimate of drug-likeness (QED) is 0.447. The van der Waals surface area contributed by atoms with Gasteiger partial charge in [0.25, 0.3) is 5.69 Å². The third-order valence-corrected chi connectivity index (χ3v) is 5.42.